The number of carbonyl (C=O) groups is 1. The van der Waals surface area contributed by atoms with Crippen molar-refractivity contribution in [2.75, 3.05) is 0 Å². The lowest BCUT2D eigenvalue weighted by Crippen LogP contribution is -1.82. The summed E-state index contributed by atoms with van der Waals surface area (Å²) in [6.45, 7) is 8.30. The van der Waals surface area contributed by atoms with E-state index in [1.807, 2.05) is 13.0 Å². The standard InChI is InChI=1S/C5H7N.C3H4O2/c1-3-5(2)4-6;1-2-3(4)5/h2-3H2,1H3;2H,1H2,(H,4,5). The molecule has 0 aliphatic heterocycles. The molecule has 3 nitrogen and oxygen atoms in total. The molecule has 0 aliphatic rings. The molecule has 1 N–H and O–H groups in total. The summed E-state index contributed by atoms with van der Waals surface area (Å²) in [4.78, 5) is 9.25. The van der Waals surface area contributed by atoms with Gasteiger partial charge in [0, 0.05) is 11.6 Å². The Morgan fingerprint density at radius 3 is 2.18 bits per heavy atom. The third-order valence-electron chi connectivity index (χ3n) is 0.760. The van der Waals surface area contributed by atoms with Crippen LogP contribution < -0.4 is 0 Å². The SMILES string of the molecule is C=C(C#N)CC.C=CC(=O)O. The van der Waals surface area contributed by atoms with E-state index in [4.69, 9.17) is 10.4 Å². The summed E-state index contributed by atoms with van der Waals surface area (Å²) in [5.74, 6) is -0.981. The Labute approximate surface area is 66.3 Å². The van der Waals surface area contributed by atoms with E-state index >= 15 is 0 Å². The number of allylic oxidation sites excluding steroid dienone is 1. The molecule has 0 unspecified atom stereocenters. The quantitative estimate of drug-likeness (QED) is 0.485. The van der Waals surface area contributed by atoms with Gasteiger partial charge in [0.05, 0.1) is 6.07 Å². The molecule has 0 rings (SSSR count). The van der Waals surface area contributed by atoms with Crippen LogP contribution in [0, 0.1) is 11.3 Å². The lowest BCUT2D eigenvalue weighted by atomic mass is 10.3. The van der Waals surface area contributed by atoms with Crippen LogP contribution in [0.5, 0.6) is 0 Å². The molecule has 0 amide bonds. The summed E-state index contributed by atoms with van der Waals surface area (Å²) in [6, 6.07) is 1.92. The van der Waals surface area contributed by atoms with E-state index in [2.05, 4.69) is 13.2 Å². The van der Waals surface area contributed by atoms with E-state index in [0.717, 1.165) is 12.5 Å². The average molecular weight is 153 g/mol. The molecule has 0 saturated heterocycles. The summed E-state index contributed by atoms with van der Waals surface area (Å²) in [5.41, 5.74) is 0.648. The van der Waals surface area contributed by atoms with Gasteiger partial charge in [-0.05, 0) is 6.42 Å². The van der Waals surface area contributed by atoms with Gasteiger partial charge >= 0.3 is 5.97 Å². The van der Waals surface area contributed by atoms with Gasteiger partial charge in [-0.1, -0.05) is 20.1 Å². The van der Waals surface area contributed by atoms with Gasteiger partial charge in [0.15, 0.2) is 0 Å². The second-order valence-electron chi connectivity index (χ2n) is 1.61. The topological polar surface area (TPSA) is 61.1 Å². The molecule has 0 aliphatic carbocycles. The Morgan fingerprint density at radius 2 is 2.18 bits per heavy atom. The van der Waals surface area contributed by atoms with Crippen LogP contribution in [0.25, 0.3) is 0 Å². The fourth-order valence-corrected chi connectivity index (χ4v) is 0.0791. The highest BCUT2D eigenvalue weighted by molar-refractivity contribution is 5.78. The third kappa shape index (κ3) is 17.8. The van der Waals surface area contributed by atoms with Crippen molar-refractivity contribution >= 4 is 5.97 Å². The fraction of sp³-hybridized carbons (Fsp3) is 0.250. The van der Waals surface area contributed by atoms with Crippen LogP contribution in [0.2, 0.25) is 0 Å². The van der Waals surface area contributed by atoms with Gasteiger partial charge in [-0.15, -0.1) is 0 Å². The van der Waals surface area contributed by atoms with E-state index in [1.165, 1.54) is 0 Å². The molecule has 0 bridgehead atoms. The molecule has 0 spiro atoms. The lowest BCUT2D eigenvalue weighted by Gasteiger charge is -1.76. The van der Waals surface area contributed by atoms with Gasteiger partial charge in [-0.25, -0.2) is 4.79 Å². The molecule has 0 atom stereocenters. The fourth-order valence-electron chi connectivity index (χ4n) is 0.0791. The van der Waals surface area contributed by atoms with Gasteiger partial charge in [0.1, 0.15) is 0 Å². The maximum atomic E-state index is 9.25. The summed E-state index contributed by atoms with van der Waals surface area (Å²) in [7, 11) is 0. The minimum Gasteiger partial charge on any atom is -0.478 e. The largest absolute Gasteiger partial charge is 0.478 e. The maximum absolute atomic E-state index is 9.25. The number of aliphatic carboxylic acids is 1. The van der Waals surface area contributed by atoms with Crippen molar-refractivity contribution in [2.45, 2.75) is 13.3 Å². The Bertz CT molecular complexity index is 189. The highest BCUT2D eigenvalue weighted by atomic mass is 16.4. The summed E-state index contributed by atoms with van der Waals surface area (Å²) < 4.78 is 0. The molecule has 11 heavy (non-hydrogen) atoms. The highest BCUT2D eigenvalue weighted by Crippen LogP contribution is 1.89. The van der Waals surface area contributed by atoms with Crippen molar-refractivity contribution in [3.63, 3.8) is 0 Å². The van der Waals surface area contributed by atoms with Crippen LogP contribution >= 0.6 is 0 Å². The van der Waals surface area contributed by atoms with Crippen molar-refractivity contribution in [1.29, 1.82) is 5.26 Å². The van der Waals surface area contributed by atoms with Gasteiger partial charge in [0.2, 0.25) is 0 Å². The van der Waals surface area contributed by atoms with Crippen LogP contribution in [0.15, 0.2) is 24.8 Å². The smallest absolute Gasteiger partial charge is 0.327 e. The molecule has 3 heteroatoms. The van der Waals surface area contributed by atoms with Crippen LogP contribution in [0.1, 0.15) is 13.3 Å². The summed E-state index contributed by atoms with van der Waals surface area (Å²) in [6.07, 6.45) is 1.61. The molecule has 0 fully saturated rings. The van der Waals surface area contributed by atoms with Crippen molar-refractivity contribution < 1.29 is 9.90 Å². The van der Waals surface area contributed by atoms with E-state index in [0.29, 0.717) is 5.57 Å². The van der Waals surface area contributed by atoms with E-state index in [9.17, 15) is 4.79 Å². The zero-order chi connectivity index (χ0) is 9.28. The number of rotatable bonds is 2. The predicted molar refractivity (Wildman–Crippen MR) is 42.9 cm³/mol. The zero-order valence-electron chi connectivity index (χ0n) is 6.50. The molecule has 0 radical (unpaired) electrons. The minimum atomic E-state index is -0.981. The summed E-state index contributed by atoms with van der Waals surface area (Å²) in [5, 5.41) is 15.6. The first-order valence-electron chi connectivity index (χ1n) is 3.01. The predicted octanol–water partition coefficient (Wildman–Crippen LogP) is 1.73. The van der Waals surface area contributed by atoms with Gasteiger partial charge in [-0.3, -0.25) is 0 Å². The van der Waals surface area contributed by atoms with E-state index in [1.54, 1.807) is 0 Å². The van der Waals surface area contributed by atoms with E-state index in [-0.39, 0.29) is 0 Å². The van der Waals surface area contributed by atoms with Crippen LogP contribution in [-0.2, 0) is 4.79 Å². The van der Waals surface area contributed by atoms with Crippen molar-refractivity contribution in [2.24, 2.45) is 0 Å². The Morgan fingerprint density at radius 1 is 1.82 bits per heavy atom. The number of carboxylic acids is 1. The van der Waals surface area contributed by atoms with Crippen molar-refractivity contribution in [3.8, 4) is 6.07 Å². The van der Waals surface area contributed by atoms with Crippen LogP contribution in [-0.4, -0.2) is 11.1 Å². The van der Waals surface area contributed by atoms with Crippen molar-refractivity contribution in [1.82, 2.24) is 0 Å². The molecule has 0 aromatic carbocycles. The Hall–Kier alpha value is -1.56. The molecule has 0 aromatic heterocycles. The highest BCUT2D eigenvalue weighted by Gasteiger charge is 1.77. The second kappa shape index (κ2) is 8.44. The van der Waals surface area contributed by atoms with Crippen LogP contribution in [0.3, 0.4) is 0 Å². The number of nitriles is 1. The monoisotopic (exact) mass is 153 g/mol. The normalized spacial score (nSPS) is 6.55. The van der Waals surface area contributed by atoms with Crippen LogP contribution in [0.4, 0.5) is 0 Å². The Kier molecular flexibility index (Phi) is 9.32. The zero-order valence-corrected chi connectivity index (χ0v) is 6.50. The minimum absolute atomic E-state index is 0.648. The Balaban J connectivity index is 0. The molecule has 0 saturated carbocycles. The first-order chi connectivity index (χ1) is 5.08. The number of carboxylic acid groups (broad SMARTS) is 1. The maximum Gasteiger partial charge on any atom is 0.327 e. The second-order valence-corrected chi connectivity index (χ2v) is 1.61. The van der Waals surface area contributed by atoms with E-state index < -0.39 is 5.97 Å². The third-order valence-corrected chi connectivity index (χ3v) is 0.760. The van der Waals surface area contributed by atoms with Crippen molar-refractivity contribution in [3.05, 3.63) is 24.8 Å². The van der Waals surface area contributed by atoms with Gasteiger partial charge in [-0.2, -0.15) is 5.26 Å². The number of hydrogen-bond donors (Lipinski definition) is 1. The molecule has 0 aromatic rings. The molecular formula is C8H11NO2. The number of hydrogen-bond acceptors (Lipinski definition) is 2. The van der Waals surface area contributed by atoms with Gasteiger partial charge in [0.25, 0.3) is 0 Å². The summed E-state index contributed by atoms with van der Waals surface area (Å²) >= 11 is 0. The molecule has 60 valence electrons. The average Bonchev–Trinajstić information content (AvgIpc) is 2.04. The first-order valence-corrected chi connectivity index (χ1v) is 3.01. The number of nitrogens with zero attached hydrogens (tertiary/aromatic N) is 1. The molecule has 0 heterocycles. The molecular weight excluding hydrogens is 142 g/mol. The van der Waals surface area contributed by atoms with Gasteiger partial charge < -0.3 is 5.11 Å². The first kappa shape index (κ1) is 12.1. The lowest BCUT2D eigenvalue weighted by molar-refractivity contribution is -0.131.